The van der Waals surface area contributed by atoms with Gasteiger partial charge in [0.25, 0.3) is 0 Å². The Morgan fingerprint density at radius 1 is 1.07 bits per heavy atom. The smallest absolute Gasteiger partial charge is 0.345 e. The monoisotopic (exact) mass is 391 g/mol. The van der Waals surface area contributed by atoms with Crippen LogP contribution in [-0.4, -0.2) is 50.8 Å². The van der Waals surface area contributed by atoms with Gasteiger partial charge in [0.2, 0.25) is 0 Å². The van der Waals surface area contributed by atoms with Crippen LogP contribution in [0.25, 0.3) is 0 Å². The molecule has 152 valence electrons. The second-order valence-corrected chi connectivity index (χ2v) is 6.23. The van der Waals surface area contributed by atoms with Gasteiger partial charge in [-0.3, -0.25) is 14.6 Å². The minimum atomic E-state index is -0.720. The first-order valence-corrected chi connectivity index (χ1v) is 9.18. The van der Waals surface area contributed by atoms with Crippen LogP contribution in [0.4, 0.5) is 0 Å². The Labute approximate surface area is 163 Å². The van der Waals surface area contributed by atoms with Crippen molar-refractivity contribution in [2.45, 2.75) is 39.5 Å². The Balaban J connectivity index is 2.59. The van der Waals surface area contributed by atoms with E-state index < -0.39 is 11.9 Å². The molecule has 8 nitrogen and oxygen atoms in total. The summed E-state index contributed by atoms with van der Waals surface area (Å²) in [6.45, 7) is 3.52. The molecule has 0 unspecified atom stereocenters. The molecule has 0 fully saturated rings. The molecule has 0 saturated carbocycles. The molecular formula is C20H25NO7. The van der Waals surface area contributed by atoms with Crippen LogP contribution >= 0.6 is 0 Å². The number of ether oxygens (including phenoxy) is 4. The average Bonchev–Trinajstić information content (AvgIpc) is 2.64. The normalized spacial score (nSPS) is 15.5. The molecule has 0 atom stereocenters. The van der Waals surface area contributed by atoms with Crippen molar-refractivity contribution in [1.29, 1.82) is 0 Å². The van der Waals surface area contributed by atoms with Crippen LogP contribution in [0.1, 0.15) is 60.2 Å². The minimum Gasteiger partial charge on any atom is -0.496 e. The van der Waals surface area contributed by atoms with Crippen molar-refractivity contribution in [1.82, 2.24) is 0 Å². The molecular weight excluding hydrogens is 366 g/mol. The zero-order valence-electron chi connectivity index (χ0n) is 16.4. The summed E-state index contributed by atoms with van der Waals surface area (Å²) in [6, 6.07) is 1.33. The lowest BCUT2D eigenvalue weighted by molar-refractivity contribution is -0.131. The number of carbonyl (C=O) groups excluding carboxylic acids is 3. The van der Waals surface area contributed by atoms with E-state index in [0.717, 1.165) is 12.8 Å². The average molecular weight is 391 g/mol. The Morgan fingerprint density at radius 3 is 2.50 bits per heavy atom. The van der Waals surface area contributed by atoms with E-state index in [4.69, 9.17) is 18.9 Å². The highest BCUT2D eigenvalue weighted by Gasteiger charge is 2.30. The van der Waals surface area contributed by atoms with Gasteiger partial charge in [-0.05, 0) is 32.4 Å². The lowest BCUT2D eigenvalue weighted by Crippen LogP contribution is -2.17. The number of cyclic esters (lactones) is 1. The zero-order chi connectivity index (χ0) is 20.5. The van der Waals surface area contributed by atoms with Crippen molar-refractivity contribution in [2.75, 3.05) is 26.9 Å². The Bertz CT molecular complexity index is 770. The maximum absolute atomic E-state index is 12.8. The molecule has 0 radical (unpaired) electrons. The maximum Gasteiger partial charge on any atom is 0.345 e. The summed E-state index contributed by atoms with van der Waals surface area (Å²) in [5.74, 6) is -1.62. The van der Waals surface area contributed by atoms with Crippen molar-refractivity contribution in [3.63, 3.8) is 0 Å². The fraction of sp³-hybridized carbons (Fsp3) is 0.500. The third-order valence-corrected chi connectivity index (χ3v) is 4.01. The number of methoxy groups -OCH3 is 1. The maximum atomic E-state index is 12.8. The number of hydrogen-bond acceptors (Lipinski definition) is 8. The quantitative estimate of drug-likeness (QED) is 0.443. The Morgan fingerprint density at radius 2 is 1.82 bits per heavy atom. The predicted molar refractivity (Wildman–Crippen MR) is 102 cm³/mol. The van der Waals surface area contributed by atoms with Crippen molar-refractivity contribution < 1.29 is 33.3 Å². The number of rotatable bonds is 3. The number of aliphatic imine (C=N–C) groups is 1. The molecule has 0 saturated heterocycles. The third kappa shape index (κ3) is 5.55. The molecule has 1 heterocycles. The van der Waals surface area contributed by atoms with Crippen LogP contribution in [0.3, 0.4) is 0 Å². The Kier molecular flexibility index (Phi) is 7.98. The van der Waals surface area contributed by atoms with Crippen molar-refractivity contribution >= 4 is 23.9 Å². The van der Waals surface area contributed by atoms with E-state index >= 15 is 0 Å². The van der Waals surface area contributed by atoms with Gasteiger partial charge in [-0.2, -0.15) is 0 Å². The molecule has 1 aliphatic rings. The summed E-state index contributed by atoms with van der Waals surface area (Å²) in [7, 11) is 1.38. The Hall–Kier alpha value is -2.90. The van der Waals surface area contributed by atoms with E-state index in [0.29, 0.717) is 19.4 Å². The van der Waals surface area contributed by atoms with Gasteiger partial charge in [0.1, 0.15) is 16.9 Å². The van der Waals surface area contributed by atoms with Crippen LogP contribution in [0, 0.1) is 0 Å². The van der Waals surface area contributed by atoms with E-state index in [9.17, 15) is 14.4 Å². The number of Topliss-reactive ketones (excluding diaryl/α,β-unsaturated/α-hetero) is 1. The van der Waals surface area contributed by atoms with E-state index in [1.807, 2.05) is 6.21 Å². The zero-order valence-corrected chi connectivity index (χ0v) is 16.4. The van der Waals surface area contributed by atoms with Gasteiger partial charge in [-0.1, -0.05) is 0 Å². The molecule has 28 heavy (non-hydrogen) atoms. The summed E-state index contributed by atoms with van der Waals surface area (Å²) >= 11 is 0. The van der Waals surface area contributed by atoms with Crippen LogP contribution in [0.2, 0.25) is 0 Å². The van der Waals surface area contributed by atoms with Gasteiger partial charge in [0, 0.05) is 26.0 Å². The highest BCUT2D eigenvalue weighted by molar-refractivity contribution is 6.06. The van der Waals surface area contributed by atoms with Crippen LogP contribution < -0.4 is 14.2 Å². The fourth-order valence-electron chi connectivity index (χ4n) is 2.77. The first kappa shape index (κ1) is 21.4. The molecule has 8 heteroatoms. The highest BCUT2D eigenvalue weighted by Crippen LogP contribution is 2.40. The van der Waals surface area contributed by atoms with E-state index in [2.05, 4.69) is 4.99 Å². The number of benzene rings is 1. The van der Waals surface area contributed by atoms with Gasteiger partial charge in [0.15, 0.2) is 17.3 Å². The van der Waals surface area contributed by atoms with E-state index in [1.165, 1.54) is 27.0 Å². The lowest BCUT2D eigenvalue weighted by Gasteiger charge is -2.19. The van der Waals surface area contributed by atoms with Gasteiger partial charge in [-0.25, -0.2) is 4.79 Å². The molecule has 0 aliphatic carbocycles. The molecule has 0 N–H and O–H groups in total. The molecule has 0 spiro atoms. The molecule has 1 aromatic carbocycles. The molecule has 1 aromatic rings. The van der Waals surface area contributed by atoms with Gasteiger partial charge in [-0.15, -0.1) is 0 Å². The van der Waals surface area contributed by atoms with Crippen LogP contribution in [-0.2, 0) is 9.53 Å². The summed E-state index contributed by atoms with van der Waals surface area (Å²) < 4.78 is 21.6. The van der Waals surface area contributed by atoms with Crippen molar-refractivity contribution in [2.24, 2.45) is 4.99 Å². The van der Waals surface area contributed by atoms with Crippen LogP contribution in [0.15, 0.2) is 11.1 Å². The topological polar surface area (TPSA) is 100 Å². The molecule has 0 amide bonds. The summed E-state index contributed by atoms with van der Waals surface area (Å²) in [4.78, 5) is 40.9. The molecule has 1 aliphatic heterocycles. The standard InChI is InChI=1S/C20H25NO7/c1-13(22)17-15(25-3)12-16(28-14(2)23)18-19(17)26-11-7-9-21-8-5-4-6-10-27-20(18)24/h8,12H,4-7,9-11H2,1-3H3. The van der Waals surface area contributed by atoms with Gasteiger partial charge >= 0.3 is 11.9 Å². The second kappa shape index (κ2) is 10.4. The third-order valence-electron chi connectivity index (χ3n) is 4.01. The molecule has 2 rings (SSSR count). The van der Waals surface area contributed by atoms with Gasteiger partial charge < -0.3 is 18.9 Å². The number of nitrogens with zero attached hydrogens (tertiary/aromatic N) is 1. The first-order chi connectivity index (χ1) is 13.5. The molecule has 0 bridgehead atoms. The predicted octanol–water partition coefficient (Wildman–Crippen LogP) is 3.00. The number of carbonyl (C=O) groups is 3. The van der Waals surface area contributed by atoms with E-state index in [1.54, 1.807) is 0 Å². The SMILES string of the molecule is COc1cc(OC(C)=O)c2c(c1C(C)=O)OCCCN=CCCCCOC2=O. The van der Waals surface area contributed by atoms with Crippen molar-refractivity contribution in [3.8, 4) is 17.2 Å². The largest absolute Gasteiger partial charge is 0.496 e. The minimum absolute atomic E-state index is 0.00543. The summed E-state index contributed by atoms with van der Waals surface area (Å²) in [6.07, 6.45) is 4.73. The summed E-state index contributed by atoms with van der Waals surface area (Å²) in [5, 5.41) is 0. The number of esters is 2. The number of ketones is 1. The summed E-state index contributed by atoms with van der Waals surface area (Å²) in [5.41, 5.74) is 0.00251. The van der Waals surface area contributed by atoms with Gasteiger partial charge in [0.05, 0.1) is 20.3 Å². The first-order valence-electron chi connectivity index (χ1n) is 9.18. The number of fused-ring (bicyclic) bond motifs is 1. The second-order valence-electron chi connectivity index (χ2n) is 6.23. The van der Waals surface area contributed by atoms with E-state index in [-0.39, 0.29) is 47.4 Å². The van der Waals surface area contributed by atoms with Crippen LogP contribution in [0.5, 0.6) is 17.2 Å². The molecule has 0 aromatic heterocycles. The lowest BCUT2D eigenvalue weighted by atomic mass is 10.0. The number of hydrogen-bond donors (Lipinski definition) is 0. The highest BCUT2D eigenvalue weighted by atomic mass is 16.6. The van der Waals surface area contributed by atoms with Crippen molar-refractivity contribution in [3.05, 3.63) is 17.2 Å². The fourth-order valence-corrected chi connectivity index (χ4v) is 2.77.